The highest BCUT2D eigenvalue weighted by Crippen LogP contribution is 2.24. The van der Waals surface area contributed by atoms with Crippen LogP contribution in [0.5, 0.6) is 5.75 Å². The zero-order chi connectivity index (χ0) is 15.1. The summed E-state index contributed by atoms with van der Waals surface area (Å²) in [4.78, 5) is 12.0. The Morgan fingerprint density at radius 2 is 2.30 bits per heavy atom. The fraction of sp³-hybridized carbons (Fsp3) is 0.333. The van der Waals surface area contributed by atoms with Gasteiger partial charge in [-0.15, -0.1) is 0 Å². The van der Waals surface area contributed by atoms with Gasteiger partial charge in [-0.05, 0) is 37.6 Å². The number of ether oxygens (including phenoxy) is 1. The highest BCUT2D eigenvalue weighted by Gasteiger charge is 2.12. The van der Waals surface area contributed by atoms with Crippen molar-refractivity contribution in [3.63, 3.8) is 0 Å². The second-order valence-electron chi connectivity index (χ2n) is 4.34. The third-order valence-electron chi connectivity index (χ3n) is 2.85. The molecule has 106 valence electrons. The minimum absolute atomic E-state index is 0.0144. The Balaban J connectivity index is 3.09. The number of halogens is 1. The van der Waals surface area contributed by atoms with Gasteiger partial charge in [0.2, 0.25) is 0 Å². The average Bonchev–Trinajstić information content (AvgIpc) is 2.44. The van der Waals surface area contributed by atoms with Crippen LogP contribution in [0.2, 0.25) is 5.02 Å². The summed E-state index contributed by atoms with van der Waals surface area (Å²) in [6.07, 6.45) is 2.27. The highest BCUT2D eigenvalue weighted by atomic mass is 35.5. The van der Waals surface area contributed by atoms with Crippen LogP contribution in [0.25, 0.3) is 6.08 Å². The first-order valence-corrected chi connectivity index (χ1v) is 6.65. The quantitative estimate of drug-likeness (QED) is 0.670. The number of nitrogens with one attached hydrogen (secondary N) is 1. The highest BCUT2D eigenvalue weighted by molar-refractivity contribution is 6.30. The number of nitriles is 1. The molecule has 0 aromatic heterocycles. The smallest absolute Gasteiger partial charge is 0.262 e. The molecule has 0 aliphatic rings. The van der Waals surface area contributed by atoms with Gasteiger partial charge in [0.1, 0.15) is 17.4 Å². The van der Waals surface area contributed by atoms with E-state index in [1.165, 1.54) is 13.2 Å². The second-order valence-corrected chi connectivity index (χ2v) is 4.78. The number of hydrogen-bond acceptors (Lipinski definition) is 3. The average molecular weight is 293 g/mol. The van der Waals surface area contributed by atoms with E-state index in [4.69, 9.17) is 21.6 Å². The van der Waals surface area contributed by atoms with Crippen molar-refractivity contribution in [1.29, 1.82) is 5.26 Å². The molecular weight excluding hydrogens is 276 g/mol. The van der Waals surface area contributed by atoms with Crippen LogP contribution in [0.3, 0.4) is 0 Å². The fourth-order valence-electron chi connectivity index (χ4n) is 1.53. The summed E-state index contributed by atoms with van der Waals surface area (Å²) in [5.41, 5.74) is 0.613. The summed E-state index contributed by atoms with van der Waals surface area (Å²) in [6.45, 7) is 3.84. The van der Waals surface area contributed by atoms with Crippen LogP contribution in [0.15, 0.2) is 23.8 Å². The van der Waals surface area contributed by atoms with Crippen molar-refractivity contribution in [3.8, 4) is 11.8 Å². The molecule has 0 heterocycles. The van der Waals surface area contributed by atoms with Crippen LogP contribution in [0.1, 0.15) is 25.8 Å². The van der Waals surface area contributed by atoms with Gasteiger partial charge in [0.15, 0.2) is 0 Å². The molecule has 0 aliphatic carbocycles. The number of hydrogen-bond donors (Lipinski definition) is 1. The molecular formula is C15H17ClN2O2. The van der Waals surface area contributed by atoms with Crippen molar-refractivity contribution in [3.05, 3.63) is 34.4 Å². The minimum atomic E-state index is -0.399. The van der Waals surface area contributed by atoms with Gasteiger partial charge in [0.25, 0.3) is 5.91 Å². The first-order chi connectivity index (χ1) is 9.51. The van der Waals surface area contributed by atoms with Crippen LogP contribution in [0.4, 0.5) is 0 Å². The summed E-state index contributed by atoms with van der Waals surface area (Å²) >= 11 is 5.92. The molecule has 5 heteroatoms. The van der Waals surface area contributed by atoms with E-state index < -0.39 is 5.91 Å². The molecule has 0 unspecified atom stereocenters. The van der Waals surface area contributed by atoms with E-state index in [9.17, 15) is 4.79 Å². The van der Waals surface area contributed by atoms with Crippen molar-refractivity contribution >= 4 is 23.6 Å². The van der Waals surface area contributed by atoms with Gasteiger partial charge < -0.3 is 10.1 Å². The van der Waals surface area contributed by atoms with Crippen LogP contribution >= 0.6 is 11.6 Å². The van der Waals surface area contributed by atoms with Crippen LogP contribution in [0, 0.1) is 11.3 Å². The summed E-state index contributed by atoms with van der Waals surface area (Å²) in [6, 6.07) is 6.94. The first-order valence-electron chi connectivity index (χ1n) is 6.28. The van der Waals surface area contributed by atoms with Gasteiger partial charge >= 0.3 is 0 Å². The molecule has 1 aromatic carbocycles. The predicted molar refractivity (Wildman–Crippen MR) is 79.5 cm³/mol. The Hall–Kier alpha value is -1.99. The van der Waals surface area contributed by atoms with Gasteiger partial charge in [-0.1, -0.05) is 18.5 Å². The molecule has 0 radical (unpaired) electrons. The number of methoxy groups -OCH3 is 1. The van der Waals surface area contributed by atoms with E-state index in [2.05, 4.69) is 5.32 Å². The molecule has 1 amide bonds. The normalized spacial score (nSPS) is 12.4. The maximum Gasteiger partial charge on any atom is 0.262 e. The molecule has 1 rings (SSSR count). The van der Waals surface area contributed by atoms with Crippen molar-refractivity contribution in [1.82, 2.24) is 5.32 Å². The summed E-state index contributed by atoms with van der Waals surface area (Å²) < 4.78 is 5.18. The van der Waals surface area contributed by atoms with Crippen molar-refractivity contribution in [2.45, 2.75) is 26.3 Å². The zero-order valence-electron chi connectivity index (χ0n) is 11.7. The van der Waals surface area contributed by atoms with Crippen LogP contribution < -0.4 is 10.1 Å². The lowest BCUT2D eigenvalue weighted by atomic mass is 10.1. The topological polar surface area (TPSA) is 62.1 Å². The molecule has 0 saturated heterocycles. The Labute approximate surface area is 124 Å². The SMILES string of the molecule is CC[C@@H](C)NC(=O)/C(C#N)=C/c1cc(Cl)ccc1OC. The number of benzene rings is 1. The van der Waals surface area contributed by atoms with E-state index in [1.54, 1.807) is 18.2 Å². The van der Waals surface area contributed by atoms with E-state index >= 15 is 0 Å². The number of carbonyl (C=O) groups excluding carboxylic acids is 1. The maximum atomic E-state index is 12.0. The Morgan fingerprint density at radius 3 is 2.85 bits per heavy atom. The van der Waals surface area contributed by atoms with Crippen LogP contribution in [-0.4, -0.2) is 19.1 Å². The monoisotopic (exact) mass is 292 g/mol. The third-order valence-corrected chi connectivity index (χ3v) is 3.08. The number of amides is 1. The van der Waals surface area contributed by atoms with Gasteiger partial charge in [-0.25, -0.2) is 0 Å². The van der Waals surface area contributed by atoms with Gasteiger partial charge in [-0.3, -0.25) is 4.79 Å². The van der Waals surface area contributed by atoms with Gasteiger partial charge in [-0.2, -0.15) is 5.26 Å². The van der Waals surface area contributed by atoms with Crippen molar-refractivity contribution in [2.24, 2.45) is 0 Å². The van der Waals surface area contributed by atoms with E-state index in [1.807, 2.05) is 19.9 Å². The molecule has 4 nitrogen and oxygen atoms in total. The number of rotatable bonds is 5. The lowest BCUT2D eigenvalue weighted by Gasteiger charge is -2.11. The predicted octanol–water partition coefficient (Wildman–Crippen LogP) is 3.17. The van der Waals surface area contributed by atoms with Gasteiger partial charge in [0.05, 0.1) is 7.11 Å². The number of carbonyl (C=O) groups is 1. The molecule has 1 atom stereocenters. The Bertz CT molecular complexity index is 561. The maximum absolute atomic E-state index is 12.0. The molecule has 0 spiro atoms. The molecule has 0 fully saturated rings. The van der Waals surface area contributed by atoms with Crippen molar-refractivity contribution in [2.75, 3.05) is 7.11 Å². The molecule has 1 N–H and O–H groups in total. The van der Waals surface area contributed by atoms with Gasteiger partial charge in [0, 0.05) is 16.6 Å². The largest absolute Gasteiger partial charge is 0.496 e. The molecule has 0 aliphatic heterocycles. The first kappa shape index (κ1) is 16.1. The lowest BCUT2D eigenvalue weighted by Crippen LogP contribution is -2.32. The summed E-state index contributed by atoms with van der Waals surface area (Å²) in [5, 5.41) is 12.4. The van der Waals surface area contributed by atoms with E-state index in [0.717, 1.165) is 6.42 Å². The molecule has 0 bridgehead atoms. The summed E-state index contributed by atoms with van der Waals surface area (Å²) in [5.74, 6) is 0.155. The second kappa shape index (κ2) is 7.56. The molecule has 20 heavy (non-hydrogen) atoms. The number of nitrogens with zero attached hydrogens (tertiary/aromatic N) is 1. The van der Waals surface area contributed by atoms with E-state index in [-0.39, 0.29) is 11.6 Å². The fourth-order valence-corrected chi connectivity index (χ4v) is 1.71. The molecule has 0 saturated carbocycles. The van der Waals surface area contributed by atoms with E-state index in [0.29, 0.717) is 16.3 Å². The summed E-state index contributed by atoms with van der Waals surface area (Å²) in [7, 11) is 1.52. The Morgan fingerprint density at radius 1 is 1.60 bits per heavy atom. The van der Waals surface area contributed by atoms with Crippen LogP contribution in [-0.2, 0) is 4.79 Å². The lowest BCUT2D eigenvalue weighted by molar-refractivity contribution is -0.117. The standard InChI is InChI=1S/C15H17ClN2O2/c1-4-10(2)18-15(19)12(9-17)7-11-8-13(16)5-6-14(11)20-3/h5-8,10H,4H2,1-3H3,(H,18,19)/b12-7+/t10-/m1/s1. The zero-order valence-corrected chi connectivity index (χ0v) is 12.5. The minimum Gasteiger partial charge on any atom is -0.496 e. The Kier molecular flexibility index (Phi) is 6.08. The third kappa shape index (κ3) is 4.29. The van der Waals surface area contributed by atoms with Crippen molar-refractivity contribution < 1.29 is 9.53 Å². The molecule has 1 aromatic rings.